The van der Waals surface area contributed by atoms with Gasteiger partial charge in [-0.3, -0.25) is 4.79 Å². The fourth-order valence-electron chi connectivity index (χ4n) is 2.64. The number of nitrogens with zero attached hydrogens (tertiary/aromatic N) is 1. The first kappa shape index (κ1) is 20.9. The van der Waals surface area contributed by atoms with Crippen molar-refractivity contribution in [1.82, 2.24) is 5.43 Å². The Hall–Kier alpha value is -3.80. The number of carbonyl (C=O) groups is 1. The smallest absolute Gasteiger partial charge is 0.271 e. The molecule has 3 rings (SSSR count). The van der Waals surface area contributed by atoms with Crippen molar-refractivity contribution in [3.8, 4) is 17.2 Å². The molecule has 30 heavy (non-hydrogen) atoms. The Kier molecular flexibility index (Phi) is 7.85. The van der Waals surface area contributed by atoms with E-state index >= 15 is 0 Å². The highest BCUT2D eigenvalue weighted by molar-refractivity contribution is 5.95. The lowest BCUT2D eigenvalue weighted by Crippen LogP contribution is -2.17. The van der Waals surface area contributed by atoms with Crippen molar-refractivity contribution in [1.29, 1.82) is 0 Å². The van der Waals surface area contributed by atoms with Gasteiger partial charge in [-0.2, -0.15) is 5.10 Å². The SMILES string of the molecule is COc1ccc(OCCCOc2ccccc2C=NNC(=O)c2ccccc2)cc1. The zero-order valence-corrected chi connectivity index (χ0v) is 16.8. The van der Waals surface area contributed by atoms with Crippen molar-refractivity contribution in [2.75, 3.05) is 20.3 Å². The van der Waals surface area contributed by atoms with Gasteiger partial charge in [0.15, 0.2) is 0 Å². The van der Waals surface area contributed by atoms with Gasteiger partial charge < -0.3 is 14.2 Å². The van der Waals surface area contributed by atoms with Crippen LogP contribution in [0.15, 0.2) is 84.0 Å². The molecule has 0 atom stereocenters. The number of hydrogen-bond donors (Lipinski definition) is 1. The van der Waals surface area contributed by atoms with E-state index in [1.165, 1.54) is 0 Å². The van der Waals surface area contributed by atoms with Crippen LogP contribution >= 0.6 is 0 Å². The molecule has 154 valence electrons. The Morgan fingerprint density at radius 3 is 2.30 bits per heavy atom. The van der Waals surface area contributed by atoms with Crippen LogP contribution in [0.5, 0.6) is 17.2 Å². The van der Waals surface area contributed by atoms with Crippen LogP contribution in [0.1, 0.15) is 22.3 Å². The summed E-state index contributed by atoms with van der Waals surface area (Å²) in [5, 5.41) is 4.04. The molecule has 3 aromatic rings. The van der Waals surface area contributed by atoms with Gasteiger partial charge in [0.2, 0.25) is 0 Å². The molecule has 1 amide bonds. The topological polar surface area (TPSA) is 69.2 Å². The maximum absolute atomic E-state index is 12.0. The van der Waals surface area contributed by atoms with Gasteiger partial charge in [-0.25, -0.2) is 5.43 Å². The van der Waals surface area contributed by atoms with Gasteiger partial charge in [0, 0.05) is 17.5 Å². The molecule has 0 heterocycles. The predicted octanol–water partition coefficient (Wildman–Crippen LogP) is 4.31. The van der Waals surface area contributed by atoms with Crippen LogP contribution in [0.3, 0.4) is 0 Å². The van der Waals surface area contributed by atoms with E-state index in [4.69, 9.17) is 14.2 Å². The standard InChI is InChI=1S/C24H24N2O4/c1-28-21-12-14-22(15-13-21)29-16-7-17-30-23-11-6-5-10-20(23)18-25-26-24(27)19-8-3-2-4-9-19/h2-6,8-15,18H,7,16-17H2,1H3,(H,26,27). The van der Waals surface area contributed by atoms with E-state index in [1.54, 1.807) is 37.6 Å². The van der Waals surface area contributed by atoms with Crippen LogP contribution in [-0.2, 0) is 0 Å². The Balaban J connectivity index is 1.44. The van der Waals surface area contributed by atoms with Gasteiger partial charge in [0.25, 0.3) is 5.91 Å². The van der Waals surface area contributed by atoms with Crippen LogP contribution in [0, 0.1) is 0 Å². The second-order valence-corrected chi connectivity index (χ2v) is 6.33. The average Bonchev–Trinajstić information content (AvgIpc) is 2.80. The fourth-order valence-corrected chi connectivity index (χ4v) is 2.64. The normalized spacial score (nSPS) is 10.6. The quantitative estimate of drug-likeness (QED) is 0.311. The monoisotopic (exact) mass is 404 g/mol. The number of methoxy groups -OCH3 is 1. The number of rotatable bonds is 10. The number of amides is 1. The van der Waals surface area contributed by atoms with Crippen molar-refractivity contribution in [3.63, 3.8) is 0 Å². The minimum Gasteiger partial charge on any atom is -0.497 e. The van der Waals surface area contributed by atoms with E-state index in [2.05, 4.69) is 10.5 Å². The Labute approximate surface area is 176 Å². The Morgan fingerprint density at radius 1 is 0.867 bits per heavy atom. The second kappa shape index (κ2) is 11.3. The number of nitrogens with one attached hydrogen (secondary N) is 1. The first-order chi connectivity index (χ1) is 14.8. The average molecular weight is 404 g/mol. The van der Waals surface area contributed by atoms with E-state index < -0.39 is 0 Å². The summed E-state index contributed by atoms with van der Waals surface area (Å²) in [5.41, 5.74) is 3.85. The number of para-hydroxylation sites is 1. The number of ether oxygens (including phenoxy) is 3. The summed E-state index contributed by atoms with van der Waals surface area (Å²) in [4.78, 5) is 12.0. The van der Waals surface area contributed by atoms with Crippen LogP contribution in [0.25, 0.3) is 0 Å². The van der Waals surface area contributed by atoms with Crippen molar-refractivity contribution in [3.05, 3.63) is 90.0 Å². The van der Waals surface area contributed by atoms with Gasteiger partial charge >= 0.3 is 0 Å². The molecule has 0 aliphatic rings. The van der Waals surface area contributed by atoms with Crippen LogP contribution in [0.4, 0.5) is 0 Å². The number of hydrogen-bond acceptors (Lipinski definition) is 5. The molecule has 1 N–H and O–H groups in total. The van der Waals surface area contributed by atoms with Crippen LogP contribution in [0.2, 0.25) is 0 Å². The molecule has 0 bridgehead atoms. The maximum Gasteiger partial charge on any atom is 0.271 e. The molecule has 3 aromatic carbocycles. The highest BCUT2D eigenvalue weighted by Crippen LogP contribution is 2.18. The Morgan fingerprint density at radius 2 is 1.53 bits per heavy atom. The molecule has 0 aromatic heterocycles. The minimum absolute atomic E-state index is 0.263. The molecule has 0 aliphatic carbocycles. The third-order valence-electron chi connectivity index (χ3n) is 4.20. The van der Waals surface area contributed by atoms with Crippen LogP contribution in [-0.4, -0.2) is 32.4 Å². The van der Waals surface area contributed by atoms with Gasteiger partial charge in [0.1, 0.15) is 17.2 Å². The lowest BCUT2D eigenvalue weighted by atomic mass is 10.2. The molecule has 0 fully saturated rings. The lowest BCUT2D eigenvalue weighted by Gasteiger charge is -2.10. The molecule has 0 saturated carbocycles. The molecular formula is C24H24N2O4. The van der Waals surface area contributed by atoms with Gasteiger partial charge in [-0.05, 0) is 48.5 Å². The maximum atomic E-state index is 12.0. The summed E-state index contributed by atoms with van der Waals surface area (Å²) in [6.45, 7) is 1.03. The first-order valence-corrected chi connectivity index (χ1v) is 9.63. The zero-order valence-electron chi connectivity index (χ0n) is 16.8. The van der Waals surface area contributed by atoms with Gasteiger partial charge in [-0.1, -0.05) is 30.3 Å². The van der Waals surface area contributed by atoms with Crippen molar-refractivity contribution < 1.29 is 19.0 Å². The number of benzene rings is 3. The molecule has 0 saturated heterocycles. The highest BCUT2D eigenvalue weighted by Gasteiger charge is 2.04. The molecule has 0 aliphatic heterocycles. The third-order valence-corrected chi connectivity index (χ3v) is 4.20. The zero-order chi connectivity index (χ0) is 21.0. The van der Waals surface area contributed by atoms with E-state index in [0.29, 0.717) is 24.5 Å². The molecule has 6 heteroatoms. The summed E-state index contributed by atoms with van der Waals surface area (Å²) in [5.74, 6) is 2.02. The molecule has 0 unspecified atom stereocenters. The van der Waals surface area contributed by atoms with Crippen LogP contribution < -0.4 is 19.6 Å². The van der Waals surface area contributed by atoms with Crippen molar-refractivity contribution in [2.24, 2.45) is 5.10 Å². The largest absolute Gasteiger partial charge is 0.497 e. The second-order valence-electron chi connectivity index (χ2n) is 6.33. The molecular weight excluding hydrogens is 380 g/mol. The van der Waals surface area contributed by atoms with Crippen molar-refractivity contribution >= 4 is 12.1 Å². The minimum atomic E-state index is -0.263. The summed E-state index contributed by atoms with van der Waals surface area (Å²) in [7, 11) is 1.63. The summed E-state index contributed by atoms with van der Waals surface area (Å²) in [6, 6.07) is 23.9. The van der Waals surface area contributed by atoms with E-state index in [-0.39, 0.29) is 5.91 Å². The van der Waals surface area contributed by atoms with E-state index in [1.807, 2.05) is 54.6 Å². The highest BCUT2D eigenvalue weighted by atomic mass is 16.5. The molecule has 0 radical (unpaired) electrons. The summed E-state index contributed by atoms with van der Waals surface area (Å²) < 4.78 is 16.7. The van der Waals surface area contributed by atoms with Crippen molar-refractivity contribution in [2.45, 2.75) is 6.42 Å². The summed E-state index contributed by atoms with van der Waals surface area (Å²) >= 11 is 0. The first-order valence-electron chi connectivity index (χ1n) is 9.63. The van der Waals surface area contributed by atoms with E-state index in [9.17, 15) is 4.79 Å². The Bertz CT molecular complexity index is 956. The lowest BCUT2D eigenvalue weighted by molar-refractivity contribution is 0.0955. The number of hydrazone groups is 1. The van der Waals surface area contributed by atoms with Gasteiger partial charge in [0.05, 0.1) is 26.5 Å². The molecule has 6 nitrogen and oxygen atoms in total. The van der Waals surface area contributed by atoms with E-state index in [0.717, 1.165) is 23.5 Å². The predicted molar refractivity (Wildman–Crippen MR) is 117 cm³/mol. The third kappa shape index (κ3) is 6.38. The fraction of sp³-hybridized carbons (Fsp3) is 0.167. The van der Waals surface area contributed by atoms with Gasteiger partial charge in [-0.15, -0.1) is 0 Å². The number of carbonyl (C=O) groups excluding carboxylic acids is 1. The molecule has 0 spiro atoms. The summed E-state index contributed by atoms with van der Waals surface area (Å²) in [6.07, 6.45) is 2.30.